The lowest BCUT2D eigenvalue weighted by atomic mass is 9.89. The van der Waals surface area contributed by atoms with Crippen LogP contribution in [-0.4, -0.2) is 27.9 Å². The minimum atomic E-state index is -1.20. The Kier molecular flexibility index (Phi) is 3.02. The third-order valence-electron chi connectivity index (χ3n) is 2.83. The lowest BCUT2D eigenvalue weighted by Gasteiger charge is -2.23. The number of carboxylic acids is 2. The van der Waals surface area contributed by atoms with Crippen molar-refractivity contribution in [2.24, 2.45) is 4.99 Å². The van der Waals surface area contributed by atoms with Crippen LogP contribution in [0.1, 0.15) is 25.7 Å². The van der Waals surface area contributed by atoms with Crippen molar-refractivity contribution in [3.63, 3.8) is 0 Å². The van der Waals surface area contributed by atoms with Gasteiger partial charge in [0, 0.05) is 17.0 Å². The van der Waals surface area contributed by atoms with E-state index in [1.165, 1.54) is 0 Å². The van der Waals surface area contributed by atoms with Gasteiger partial charge in [0.2, 0.25) is 0 Å². The molecule has 0 fully saturated rings. The van der Waals surface area contributed by atoms with E-state index in [2.05, 4.69) is 4.99 Å². The smallest absolute Gasteiger partial charge is 0.350 e. The normalized spacial score (nSPS) is 19.9. The number of aliphatic imine (C=N–C) groups is 1. The number of hydrogen-bond acceptors (Lipinski definition) is 3. The van der Waals surface area contributed by atoms with Crippen LogP contribution in [0.5, 0.6) is 0 Å². The van der Waals surface area contributed by atoms with Crippen molar-refractivity contribution in [3.05, 3.63) is 21.9 Å². The van der Waals surface area contributed by atoms with E-state index in [-0.39, 0.29) is 17.7 Å². The molecule has 90 valence electrons. The monoisotopic (exact) mass is 255 g/mol. The van der Waals surface area contributed by atoms with Gasteiger partial charge in [-0.05, 0) is 24.8 Å². The van der Waals surface area contributed by atoms with Gasteiger partial charge >= 0.3 is 11.9 Å². The fourth-order valence-electron chi connectivity index (χ4n) is 2.02. The number of nitrogens with zero attached hydrogens (tertiary/aromatic N) is 1. The Morgan fingerprint density at radius 1 is 1.18 bits per heavy atom. The summed E-state index contributed by atoms with van der Waals surface area (Å²) < 4.78 is 0. The summed E-state index contributed by atoms with van der Waals surface area (Å²) in [5.74, 6) is -2.30. The van der Waals surface area contributed by atoms with Crippen molar-refractivity contribution < 1.29 is 19.8 Å². The lowest BCUT2D eigenvalue weighted by molar-refractivity contribution is -0.132. The SMILES string of the molecule is O=C(O)C1=NC2=C(Cl)CCCC2=C(C(=O)O)C1. The second kappa shape index (κ2) is 4.33. The number of rotatable bonds is 2. The predicted octanol–water partition coefficient (Wildman–Crippen LogP) is 1.93. The first kappa shape index (κ1) is 11.9. The number of allylic oxidation sites excluding steroid dienone is 2. The molecule has 2 aliphatic rings. The van der Waals surface area contributed by atoms with Gasteiger partial charge < -0.3 is 10.2 Å². The Labute approximate surface area is 102 Å². The van der Waals surface area contributed by atoms with E-state index >= 15 is 0 Å². The summed E-state index contributed by atoms with van der Waals surface area (Å²) in [5, 5.41) is 18.4. The number of carboxylic acid groups (broad SMARTS) is 2. The Hall–Kier alpha value is -1.62. The summed E-state index contributed by atoms with van der Waals surface area (Å²) in [4.78, 5) is 26.0. The van der Waals surface area contributed by atoms with Crippen molar-refractivity contribution in [1.82, 2.24) is 0 Å². The molecule has 0 atom stereocenters. The number of fused-ring (bicyclic) bond motifs is 1. The maximum absolute atomic E-state index is 11.1. The van der Waals surface area contributed by atoms with Crippen LogP contribution in [0.4, 0.5) is 0 Å². The average molecular weight is 256 g/mol. The van der Waals surface area contributed by atoms with Gasteiger partial charge in [0.25, 0.3) is 0 Å². The number of hydrogen-bond donors (Lipinski definition) is 2. The molecule has 0 unspecified atom stereocenters. The summed E-state index contributed by atoms with van der Waals surface area (Å²) >= 11 is 5.98. The van der Waals surface area contributed by atoms with Gasteiger partial charge in [-0.15, -0.1) is 0 Å². The molecule has 2 N–H and O–H groups in total. The number of dihydropyridines is 1. The zero-order valence-corrected chi connectivity index (χ0v) is 9.62. The molecule has 1 aliphatic carbocycles. The van der Waals surface area contributed by atoms with Crippen molar-refractivity contribution >= 4 is 29.3 Å². The Morgan fingerprint density at radius 3 is 2.47 bits per heavy atom. The fraction of sp³-hybridized carbons (Fsp3) is 0.364. The molecule has 0 radical (unpaired) electrons. The fourth-order valence-corrected chi connectivity index (χ4v) is 2.31. The summed E-state index contributed by atoms with van der Waals surface area (Å²) in [6.45, 7) is 0. The van der Waals surface area contributed by atoms with Gasteiger partial charge in [0.05, 0.1) is 5.70 Å². The van der Waals surface area contributed by atoms with Gasteiger partial charge in [0.1, 0.15) is 5.71 Å². The van der Waals surface area contributed by atoms with Crippen LogP contribution in [0, 0.1) is 0 Å². The van der Waals surface area contributed by atoms with Crippen LogP contribution >= 0.6 is 11.6 Å². The van der Waals surface area contributed by atoms with E-state index in [1.54, 1.807) is 0 Å². The van der Waals surface area contributed by atoms with Gasteiger partial charge in [-0.1, -0.05) is 11.6 Å². The Balaban J connectivity index is 2.56. The van der Waals surface area contributed by atoms with Gasteiger partial charge in [-0.3, -0.25) is 0 Å². The van der Waals surface area contributed by atoms with Crippen molar-refractivity contribution in [2.75, 3.05) is 0 Å². The maximum Gasteiger partial charge on any atom is 0.350 e. The summed E-state index contributed by atoms with van der Waals surface area (Å²) in [6.07, 6.45) is 1.83. The Bertz CT molecular complexity index is 502. The molecular formula is C11H10ClNO4. The molecule has 0 aromatic carbocycles. The zero-order valence-electron chi connectivity index (χ0n) is 8.86. The molecule has 0 bridgehead atoms. The van der Waals surface area contributed by atoms with Crippen LogP contribution in [0.25, 0.3) is 0 Å². The van der Waals surface area contributed by atoms with Crippen LogP contribution in [-0.2, 0) is 9.59 Å². The van der Waals surface area contributed by atoms with Crippen molar-refractivity contribution in [2.45, 2.75) is 25.7 Å². The summed E-state index contributed by atoms with van der Waals surface area (Å²) in [5.41, 5.74) is 0.865. The molecule has 0 aromatic heterocycles. The number of aliphatic carboxylic acids is 2. The molecule has 1 aliphatic heterocycles. The molecule has 5 nitrogen and oxygen atoms in total. The van der Waals surface area contributed by atoms with E-state index in [9.17, 15) is 9.59 Å². The highest BCUT2D eigenvalue weighted by Crippen LogP contribution is 2.38. The van der Waals surface area contributed by atoms with Crippen LogP contribution in [0.15, 0.2) is 26.9 Å². The summed E-state index contributed by atoms with van der Waals surface area (Å²) in [7, 11) is 0. The molecule has 6 heteroatoms. The van der Waals surface area contributed by atoms with Gasteiger partial charge in [-0.25, -0.2) is 14.6 Å². The van der Waals surface area contributed by atoms with Crippen LogP contribution in [0.2, 0.25) is 0 Å². The molecule has 1 heterocycles. The third-order valence-corrected chi connectivity index (χ3v) is 3.19. The molecule has 0 saturated carbocycles. The van der Waals surface area contributed by atoms with Gasteiger partial charge in [-0.2, -0.15) is 0 Å². The van der Waals surface area contributed by atoms with Crippen molar-refractivity contribution in [1.29, 1.82) is 0 Å². The van der Waals surface area contributed by atoms with E-state index < -0.39 is 11.9 Å². The highest BCUT2D eigenvalue weighted by molar-refractivity contribution is 6.38. The van der Waals surface area contributed by atoms with E-state index in [4.69, 9.17) is 21.8 Å². The Morgan fingerprint density at radius 2 is 1.88 bits per heavy atom. The van der Waals surface area contributed by atoms with E-state index in [0.29, 0.717) is 29.1 Å². The largest absolute Gasteiger partial charge is 0.478 e. The zero-order chi connectivity index (χ0) is 12.6. The van der Waals surface area contributed by atoms with Gasteiger partial charge in [0.15, 0.2) is 0 Å². The molecule has 0 saturated heterocycles. The first-order valence-electron chi connectivity index (χ1n) is 5.16. The first-order chi connectivity index (χ1) is 8.00. The summed E-state index contributed by atoms with van der Waals surface area (Å²) in [6, 6.07) is 0. The van der Waals surface area contributed by atoms with E-state index in [0.717, 1.165) is 6.42 Å². The standard InChI is InChI=1S/C11H10ClNO4/c12-7-3-1-2-5-6(10(14)15)4-8(11(16)17)13-9(5)7/h1-4H2,(H,14,15)(H,16,17). The minimum absolute atomic E-state index is 0.102. The average Bonchev–Trinajstić information content (AvgIpc) is 2.28. The maximum atomic E-state index is 11.1. The highest BCUT2D eigenvalue weighted by atomic mass is 35.5. The van der Waals surface area contributed by atoms with Crippen LogP contribution in [0.3, 0.4) is 0 Å². The predicted molar refractivity (Wildman–Crippen MR) is 61.1 cm³/mol. The minimum Gasteiger partial charge on any atom is -0.478 e. The molecule has 0 spiro atoms. The number of carbonyl (C=O) groups is 2. The van der Waals surface area contributed by atoms with E-state index in [1.807, 2.05) is 0 Å². The number of halogens is 1. The molecule has 17 heavy (non-hydrogen) atoms. The molecule has 0 aromatic rings. The lowest BCUT2D eigenvalue weighted by Crippen LogP contribution is -2.23. The molecule has 2 rings (SSSR count). The third kappa shape index (κ3) is 2.10. The van der Waals surface area contributed by atoms with Crippen molar-refractivity contribution in [3.8, 4) is 0 Å². The first-order valence-corrected chi connectivity index (χ1v) is 5.53. The highest BCUT2D eigenvalue weighted by Gasteiger charge is 2.30. The second-order valence-corrected chi connectivity index (χ2v) is 4.37. The molecular weight excluding hydrogens is 246 g/mol. The van der Waals surface area contributed by atoms with Crippen LogP contribution < -0.4 is 0 Å². The topological polar surface area (TPSA) is 87.0 Å². The quantitative estimate of drug-likeness (QED) is 0.789. The molecule has 0 amide bonds. The second-order valence-electron chi connectivity index (χ2n) is 3.91.